The summed E-state index contributed by atoms with van der Waals surface area (Å²) < 4.78 is 0. The molecule has 0 spiro atoms. The molecule has 1 N–H and O–H groups in total. The number of allylic oxidation sites excluding steroid dienone is 3. The van der Waals surface area contributed by atoms with Gasteiger partial charge in [0, 0.05) is 5.70 Å². The summed E-state index contributed by atoms with van der Waals surface area (Å²) in [4.78, 5) is 15.0. The molecule has 118 valence electrons. The molecule has 1 aliphatic heterocycles. The first-order valence-electron chi connectivity index (χ1n) is 8.05. The van der Waals surface area contributed by atoms with Crippen LogP contribution < -0.4 is 5.32 Å². The summed E-state index contributed by atoms with van der Waals surface area (Å²) in [5.74, 6) is 0.102. The monoisotopic (exact) mass is 290 g/mol. The first kappa shape index (κ1) is 17.7. The van der Waals surface area contributed by atoms with E-state index >= 15 is 0 Å². The number of hydrogen-bond donors (Lipinski definition) is 1. The van der Waals surface area contributed by atoms with Crippen LogP contribution in [0.15, 0.2) is 36.1 Å². The Hall–Kier alpha value is -1.35. The molecule has 0 aliphatic carbocycles. The number of nitrogens with one attached hydrogen (secondary N) is 1. The molecule has 0 aromatic carbocycles. The van der Waals surface area contributed by atoms with Crippen LogP contribution in [0.5, 0.6) is 0 Å². The molecule has 1 aliphatic rings. The zero-order valence-corrected chi connectivity index (χ0v) is 13.9. The fourth-order valence-electron chi connectivity index (χ4n) is 2.77. The number of hydrogen-bond acceptors (Lipinski definition) is 2. The van der Waals surface area contributed by atoms with Gasteiger partial charge in [0.05, 0.1) is 6.04 Å². The molecule has 3 nitrogen and oxygen atoms in total. The van der Waals surface area contributed by atoms with E-state index in [2.05, 4.69) is 30.3 Å². The number of rotatable bonds is 7. The Morgan fingerprint density at radius 1 is 1.38 bits per heavy atom. The molecular formula is C18H30N2O. The van der Waals surface area contributed by atoms with E-state index in [1.165, 1.54) is 6.42 Å². The molecule has 21 heavy (non-hydrogen) atoms. The summed E-state index contributed by atoms with van der Waals surface area (Å²) in [6, 6.07) is -0.00253. The van der Waals surface area contributed by atoms with Gasteiger partial charge in [-0.1, -0.05) is 39.0 Å². The van der Waals surface area contributed by atoms with Crippen molar-refractivity contribution in [2.45, 2.75) is 58.9 Å². The Balaban J connectivity index is 2.79. The van der Waals surface area contributed by atoms with Crippen LogP contribution in [0.25, 0.3) is 0 Å². The normalized spacial score (nSPS) is 20.6. The van der Waals surface area contributed by atoms with E-state index in [-0.39, 0.29) is 11.9 Å². The lowest BCUT2D eigenvalue weighted by atomic mass is 10.00. The highest BCUT2D eigenvalue weighted by Crippen LogP contribution is 2.19. The Kier molecular flexibility index (Phi) is 7.44. The van der Waals surface area contributed by atoms with E-state index in [1.54, 1.807) is 6.08 Å². The lowest BCUT2D eigenvalue weighted by Gasteiger charge is -2.35. The lowest BCUT2D eigenvalue weighted by molar-refractivity contribution is -0.126. The average molecular weight is 290 g/mol. The highest BCUT2D eigenvalue weighted by molar-refractivity contribution is 5.84. The third-order valence-electron chi connectivity index (χ3n) is 4.09. The molecular weight excluding hydrogens is 260 g/mol. The highest BCUT2D eigenvalue weighted by Gasteiger charge is 2.28. The van der Waals surface area contributed by atoms with Crippen LogP contribution in [0.3, 0.4) is 0 Å². The van der Waals surface area contributed by atoms with E-state index in [0.717, 1.165) is 55.6 Å². The predicted octanol–water partition coefficient (Wildman–Crippen LogP) is 3.79. The quantitative estimate of drug-likeness (QED) is 0.723. The summed E-state index contributed by atoms with van der Waals surface area (Å²) in [6.07, 6.45) is 7.36. The van der Waals surface area contributed by atoms with Crippen molar-refractivity contribution >= 4 is 5.91 Å². The molecule has 1 heterocycles. The molecule has 3 heteroatoms. The number of carbonyl (C=O) groups is 1. The van der Waals surface area contributed by atoms with Gasteiger partial charge in [0.15, 0.2) is 0 Å². The van der Waals surface area contributed by atoms with Crippen molar-refractivity contribution in [2.24, 2.45) is 0 Å². The van der Waals surface area contributed by atoms with Gasteiger partial charge in [0.2, 0.25) is 5.91 Å². The zero-order valence-electron chi connectivity index (χ0n) is 13.9. The summed E-state index contributed by atoms with van der Waals surface area (Å²) in [5.41, 5.74) is 2.65. The van der Waals surface area contributed by atoms with Crippen LogP contribution >= 0.6 is 0 Å². The number of nitrogens with zero attached hydrogens (tertiary/aromatic N) is 1. The Morgan fingerprint density at radius 3 is 2.67 bits per heavy atom. The Bertz CT molecular complexity index is 423. The van der Waals surface area contributed by atoms with Gasteiger partial charge in [-0.05, 0) is 57.3 Å². The van der Waals surface area contributed by atoms with Gasteiger partial charge >= 0.3 is 0 Å². The van der Waals surface area contributed by atoms with Gasteiger partial charge in [-0.2, -0.15) is 0 Å². The van der Waals surface area contributed by atoms with Crippen LogP contribution in [0.4, 0.5) is 0 Å². The van der Waals surface area contributed by atoms with E-state index in [0.29, 0.717) is 0 Å². The largest absolute Gasteiger partial charge is 0.324 e. The third-order valence-corrected chi connectivity index (χ3v) is 4.09. The maximum absolute atomic E-state index is 12.6. The third kappa shape index (κ3) is 5.16. The van der Waals surface area contributed by atoms with Gasteiger partial charge in [-0.15, -0.1) is 0 Å². The minimum Gasteiger partial charge on any atom is -0.324 e. The van der Waals surface area contributed by atoms with Gasteiger partial charge < -0.3 is 5.32 Å². The van der Waals surface area contributed by atoms with Gasteiger partial charge in [-0.3, -0.25) is 9.69 Å². The van der Waals surface area contributed by atoms with Crippen molar-refractivity contribution in [3.05, 3.63) is 36.1 Å². The zero-order chi connectivity index (χ0) is 15.8. The number of unbranched alkanes of at least 4 members (excludes halogenated alkanes) is 1. The number of amides is 1. The standard InChI is InChI=1S/C18H30N2O/c1-6-8-12-20-13-10-9-11-16(20)18(21)19-17(14(3)4)15(5)7-2/h7,16H,2-3,6,8-13H2,1,4-5H3,(H,19,21)/b17-15+. The molecule has 1 atom stereocenters. The average Bonchev–Trinajstić information content (AvgIpc) is 2.49. The van der Waals surface area contributed by atoms with Crippen molar-refractivity contribution < 1.29 is 4.79 Å². The molecule has 0 saturated carbocycles. The summed E-state index contributed by atoms with van der Waals surface area (Å²) >= 11 is 0. The second-order valence-corrected chi connectivity index (χ2v) is 5.93. The lowest BCUT2D eigenvalue weighted by Crippen LogP contribution is -2.49. The van der Waals surface area contributed by atoms with E-state index in [4.69, 9.17) is 0 Å². The summed E-state index contributed by atoms with van der Waals surface area (Å²) in [5, 5.41) is 3.07. The van der Waals surface area contributed by atoms with Crippen molar-refractivity contribution in [3.8, 4) is 0 Å². The van der Waals surface area contributed by atoms with Crippen molar-refractivity contribution in [3.63, 3.8) is 0 Å². The maximum Gasteiger partial charge on any atom is 0.241 e. The molecule has 0 radical (unpaired) electrons. The Morgan fingerprint density at radius 2 is 2.10 bits per heavy atom. The molecule has 0 bridgehead atoms. The molecule has 0 aromatic heterocycles. The fourth-order valence-corrected chi connectivity index (χ4v) is 2.77. The fraction of sp³-hybridized carbons (Fsp3) is 0.611. The van der Waals surface area contributed by atoms with Gasteiger partial charge in [-0.25, -0.2) is 0 Å². The SMILES string of the molecule is C=C/C(C)=C(/NC(=O)C1CCCCN1CCCC)C(=C)C. The van der Waals surface area contributed by atoms with E-state index in [1.807, 2.05) is 13.8 Å². The highest BCUT2D eigenvalue weighted by atomic mass is 16.2. The van der Waals surface area contributed by atoms with Crippen LogP contribution in [-0.4, -0.2) is 29.9 Å². The van der Waals surface area contributed by atoms with Gasteiger partial charge in [0.25, 0.3) is 0 Å². The van der Waals surface area contributed by atoms with Crippen LogP contribution in [0.2, 0.25) is 0 Å². The minimum absolute atomic E-state index is 0.00253. The summed E-state index contributed by atoms with van der Waals surface area (Å²) in [7, 11) is 0. The smallest absolute Gasteiger partial charge is 0.241 e. The van der Waals surface area contributed by atoms with Crippen molar-refractivity contribution in [1.29, 1.82) is 0 Å². The van der Waals surface area contributed by atoms with Gasteiger partial charge in [0.1, 0.15) is 0 Å². The maximum atomic E-state index is 12.6. The Labute approximate surface area is 129 Å². The van der Waals surface area contributed by atoms with Crippen LogP contribution in [0.1, 0.15) is 52.9 Å². The number of piperidine rings is 1. The first-order chi connectivity index (χ1) is 10.0. The molecule has 0 aromatic rings. The van der Waals surface area contributed by atoms with E-state index in [9.17, 15) is 4.79 Å². The molecule has 1 rings (SSSR count). The molecule has 1 amide bonds. The van der Waals surface area contributed by atoms with Crippen molar-refractivity contribution in [2.75, 3.05) is 13.1 Å². The van der Waals surface area contributed by atoms with Crippen LogP contribution in [0, 0.1) is 0 Å². The molecule has 1 unspecified atom stereocenters. The summed E-state index contributed by atoms with van der Waals surface area (Å²) in [6.45, 7) is 15.8. The second kappa shape index (κ2) is 8.83. The van der Waals surface area contributed by atoms with Crippen molar-refractivity contribution in [1.82, 2.24) is 10.2 Å². The first-order valence-corrected chi connectivity index (χ1v) is 8.05. The number of likely N-dealkylation sites (tertiary alicyclic amines) is 1. The second-order valence-electron chi connectivity index (χ2n) is 5.93. The van der Waals surface area contributed by atoms with E-state index < -0.39 is 0 Å². The number of carbonyl (C=O) groups excluding carboxylic acids is 1. The van der Waals surface area contributed by atoms with Crippen LogP contribution in [-0.2, 0) is 4.79 Å². The topological polar surface area (TPSA) is 32.3 Å². The molecule has 1 fully saturated rings. The predicted molar refractivity (Wildman–Crippen MR) is 90.0 cm³/mol. The molecule has 1 saturated heterocycles. The minimum atomic E-state index is -0.00253.